The number of benzene rings is 1. The highest BCUT2D eigenvalue weighted by molar-refractivity contribution is 7.89. The van der Waals surface area contributed by atoms with Crippen LogP contribution in [0.2, 0.25) is 0 Å². The van der Waals surface area contributed by atoms with Gasteiger partial charge in [-0.05, 0) is 12.1 Å². The predicted octanol–water partition coefficient (Wildman–Crippen LogP) is 1.16. The van der Waals surface area contributed by atoms with Crippen molar-refractivity contribution in [3.63, 3.8) is 0 Å². The summed E-state index contributed by atoms with van der Waals surface area (Å²) >= 11 is 4.65. The van der Waals surface area contributed by atoms with Crippen molar-refractivity contribution in [2.24, 2.45) is 5.73 Å². The fraction of sp³-hybridized carbons (Fsp3) is 0.222. The van der Waals surface area contributed by atoms with Crippen LogP contribution in [0.15, 0.2) is 29.2 Å². The maximum atomic E-state index is 11.9. The lowest BCUT2D eigenvalue weighted by Gasteiger charge is -2.10. The molecule has 0 fully saturated rings. The molecule has 0 spiro atoms. The quantitative estimate of drug-likeness (QED) is 0.818. The summed E-state index contributed by atoms with van der Waals surface area (Å²) in [6, 6.07) is 5.07. The highest BCUT2D eigenvalue weighted by Crippen LogP contribution is 2.16. The molecular weight excluding hydrogens is 289 g/mol. The highest BCUT2D eigenvalue weighted by atomic mass is 32.2. The Kier molecular flexibility index (Phi) is 4.30. The lowest BCUT2D eigenvalue weighted by Crippen LogP contribution is -2.33. The van der Waals surface area contributed by atoms with Gasteiger partial charge < -0.3 is 5.73 Å². The summed E-state index contributed by atoms with van der Waals surface area (Å²) in [5.74, 6) is 0. The first-order valence-corrected chi connectivity index (χ1v) is 6.47. The first-order chi connectivity index (χ1) is 8.12. The van der Waals surface area contributed by atoms with Crippen LogP contribution >= 0.6 is 12.2 Å². The fourth-order valence-electron chi connectivity index (χ4n) is 1.08. The second-order valence-electron chi connectivity index (χ2n) is 3.33. The van der Waals surface area contributed by atoms with E-state index in [4.69, 9.17) is 5.73 Å². The number of sulfonamides is 1. The number of halogens is 3. The van der Waals surface area contributed by atoms with Crippen molar-refractivity contribution in [3.05, 3.63) is 29.8 Å². The summed E-state index contributed by atoms with van der Waals surface area (Å²) < 4.78 is 60.4. The van der Waals surface area contributed by atoms with Crippen LogP contribution in [0.4, 0.5) is 13.2 Å². The van der Waals surface area contributed by atoms with Crippen LogP contribution in [0.25, 0.3) is 0 Å². The fourth-order valence-corrected chi connectivity index (χ4v) is 2.26. The van der Waals surface area contributed by atoms with Crippen molar-refractivity contribution in [3.8, 4) is 0 Å². The molecule has 0 radical (unpaired) electrons. The smallest absolute Gasteiger partial charge is 0.389 e. The van der Waals surface area contributed by atoms with Crippen molar-refractivity contribution >= 4 is 27.2 Å². The largest absolute Gasteiger partial charge is 0.402 e. The van der Waals surface area contributed by atoms with Crippen LogP contribution in [0.1, 0.15) is 5.56 Å². The minimum atomic E-state index is -4.62. The van der Waals surface area contributed by atoms with Crippen molar-refractivity contribution < 1.29 is 21.6 Å². The molecule has 18 heavy (non-hydrogen) atoms. The Bertz CT molecular complexity index is 555. The van der Waals surface area contributed by atoms with Crippen LogP contribution in [-0.2, 0) is 10.0 Å². The number of nitrogens with two attached hydrogens (primary N) is 1. The summed E-state index contributed by atoms with van der Waals surface area (Å²) in [5.41, 5.74) is 5.57. The maximum Gasteiger partial charge on any atom is 0.402 e. The van der Waals surface area contributed by atoms with Gasteiger partial charge in [-0.3, -0.25) is 0 Å². The van der Waals surface area contributed by atoms with E-state index in [-0.39, 0.29) is 15.4 Å². The molecule has 0 saturated carbocycles. The SMILES string of the molecule is NC(=S)c1cccc(S(=O)(=O)NCC(F)(F)F)c1. The molecule has 0 unspecified atom stereocenters. The van der Waals surface area contributed by atoms with Gasteiger partial charge in [0.1, 0.15) is 11.5 Å². The van der Waals surface area contributed by atoms with E-state index in [2.05, 4.69) is 12.2 Å². The van der Waals surface area contributed by atoms with E-state index < -0.39 is 22.7 Å². The van der Waals surface area contributed by atoms with E-state index in [1.165, 1.54) is 16.9 Å². The van der Waals surface area contributed by atoms with Crippen molar-refractivity contribution in [1.29, 1.82) is 0 Å². The molecule has 0 aromatic heterocycles. The van der Waals surface area contributed by atoms with Gasteiger partial charge >= 0.3 is 6.18 Å². The lowest BCUT2D eigenvalue weighted by atomic mass is 10.2. The molecule has 100 valence electrons. The summed E-state index contributed by atoms with van der Waals surface area (Å²) in [7, 11) is -4.23. The molecule has 0 aliphatic carbocycles. The van der Waals surface area contributed by atoms with Gasteiger partial charge in [0.15, 0.2) is 0 Å². The first kappa shape index (κ1) is 14.9. The topological polar surface area (TPSA) is 72.2 Å². The minimum absolute atomic E-state index is 0.0390. The molecule has 0 saturated heterocycles. The lowest BCUT2D eigenvalue weighted by molar-refractivity contribution is -0.121. The molecule has 0 atom stereocenters. The Morgan fingerprint density at radius 3 is 2.50 bits per heavy atom. The molecule has 0 aliphatic heterocycles. The van der Waals surface area contributed by atoms with Gasteiger partial charge in [-0.25, -0.2) is 13.1 Å². The van der Waals surface area contributed by atoms with Crippen LogP contribution in [0.3, 0.4) is 0 Å². The van der Waals surface area contributed by atoms with Gasteiger partial charge in [0.2, 0.25) is 10.0 Å². The van der Waals surface area contributed by atoms with Crippen LogP contribution in [0.5, 0.6) is 0 Å². The van der Waals surface area contributed by atoms with Gasteiger partial charge in [-0.15, -0.1) is 0 Å². The van der Waals surface area contributed by atoms with E-state index in [1.807, 2.05) is 0 Å². The summed E-state index contributed by atoms with van der Waals surface area (Å²) in [4.78, 5) is -0.361. The van der Waals surface area contributed by atoms with Crippen molar-refractivity contribution in [2.75, 3.05) is 6.54 Å². The van der Waals surface area contributed by atoms with E-state index in [0.29, 0.717) is 0 Å². The van der Waals surface area contributed by atoms with E-state index in [1.54, 1.807) is 0 Å². The second kappa shape index (κ2) is 5.21. The molecule has 1 rings (SSSR count). The average Bonchev–Trinajstić information content (AvgIpc) is 2.26. The molecular formula is C9H9F3N2O2S2. The van der Waals surface area contributed by atoms with E-state index in [0.717, 1.165) is 12.1 Å². The van der Waals surface area contributed by atoms with Gasteiger partial charge in [-0.1, -0.05) is 24.4 Å². The van der Waals surface area contributed by atoms with Crippen LogP contribution in [0, 0.1) is 0 Å². The number of thiocarbonyl (C=S) groups is 1. The van der Waals surface area contributed by atoms with Gasteiger partial charge in [0, 0.05) is 5.56 Å². The number of hydrogen-bond donors (Lipinski definition) is 2. The molecule has 1 aromatic rings. The molecule has 3 N–H and O–H groups in total. The molecule has 0 bridgehead atoms. The normalized spacial score (nSPS) is 12.4. The summed E-state index contributed by atoms with van der Waals surface area (Å²) in [5, 5.41) is 0. The Balaban J connectivity index is 2.99. The average molecular weight is 298 g/mol. The zero-order chi connectivity index (χ0) is 14.0. The number of hydrogen-bond acceptors (Lipinski definition) is 3. The molecule has 1 aromatic carbocycles. The Hall–Kier alpha value is -1.19. The number of rotatable bonds is 4. The summed E-state index contributed by atoms with van der Waals surface area (Å²) in [6.45, 7) is -1.63. The zero-order valence-electron chi connectivity index (χ0n) is 8.86. The van der Waals surface area contributed by atoms with E-state index >= 15 is 0 Å². The van der Waals surface area contributed by atoms with Gasteiger partial charge in [0.25, 0.3) is 0 Å². The second-order valence-corrected chi connectivity index (χ2v) is 5.54. The standard InChI is InChI=1S/C9H9F3N2O2S2/c10-9(11,12)5-14-18(15,16)7-3-1-2-6(4-7)8(13)17/h1-4,14H,5H2,(H2,13,17). The molecule has 0 aliphatic rings. The van der Waals surface area contributed by atoms with Gasteiger partial charge in [0.05, 0.1) is 4.90 Å². The molecule has 0 amide bonds. The highest BCUT2D eigenvalue weighted by Gasteiger charge is 2.30. The van der Waals surface area contributed by atoms with E-state index in [9.17, 15) is 21.6 Å². The Morgan fingerprint density at radius 2 is 2.00 bits per heavy atom. The zero-order valence-corrected chi connectivity index (χ0v) is 10.5. The first-order valence-electron chi connectivity index (χ1n) is 4.58. The van der Waals surface area contributed by atoms with Gasteiger partial charge in [-0.2, -0.15) is 13.2 Å². The monoisotopic (exact) mass is 298 g/mol. The Morgan fingerprint density at radius 1 is 1.39 bits per heavy atom. The predicted molar refractivity (Wildman–Crippen MR) is 63.6 cm³/mol. The van der Waals surface area contributed by atoms with Crippen LogP contribution < -0.4 is 10.5 Å². The minimum Gasteiger partial charge on any atom is -0.389 e. The van der Waals surface area contributed by atoms with Crippen molar-refractivity contribution in [1.82, 2.24) is 4.72 Å². The molecule has 4 nitrogen and oxygen atoms in total. The van der Waals surface area contributed by atoms with Crippen molar-refractivity contribution in [2.45, 2.75) is 11.1 Å². The number of alkyl halides is 3. The number of nitrogens with one attached hydrogen (secondary N) is 1. The third-order valence-corrected chi connectivity index (χ3v) is 3.53. The molecule has 0 heterocycles. The third-order valence-electron chi connectivity index (χ3n) is 1.89. The maximum absolute atomic E-state index is 11.9. The summed E-state index contributed by atoms with van der Waals surface area (Å²) in [6.07, 6.45) is -4.62. The van der Waals surface area contributed by atoms with Crippen LogP contribution in [-0.4, -0.2) is 26.1 Å². The third kappa shape index (κ3) is 4.24. The molecule has 9 heteroatoms. The Labute approximate surface area is 107 Å².